The van der Waals surface area contributed by atoms with Crippen molar-refractivity contribution in [1.29, 1.82) is 0 Å². The minimum Gasteiger partial charge on any atom is -0.505 e. The number of phenolic OH excluding ortho intramolecular Hbond substituents is 1. The van der Waals surface area contributed by atoms with Gasteiger partial charge in [0.05, 0.1) is 5.69 Å². The van der Waals surface area contributed by atoms with Crippen LogP contribution in [-0.4, -0.2) is 18.5 Å². The number of aromatic nitrogens is 1. The molecule has 2 rings (SSSR count). The number of phenols is 1. The zero-order chi connectivity index (χ0) is 14.0. The molecule has 0 spiro atoms. The summed E-state index contributed by atoms with van der Waals surface area (Å²) in [5, 5.41) is 8.83. The topological polar surface area (TPSA) is 79.3 Å². The molecular formula is C11H8ClFN2O3S. The fourth-order valence-electron chi connectivity index (χ4n) is 1.35. The SMILES string of the molecule is O=S(=O)(Nc1ccc(O)c(F)c1)c1cccnc1Cl. The molecule has 2 N–H and O–H groups in total. The van der Waals surface area contributed by atoms with E-state index < -0.39 is 21.6 Å². The van der Waals surface area contributed by atoms with Crippen LogP contribution in [0.1, 0.15) is 0 Å². The van der Waals surface area contributed by atoms with Crippen molar-refractivity contribution < 1.29 is 17.9 Å². The van der Waals surface area contributed by atoms with Crippen LogP contribution < -0.4 is 4.72 Å². The second-order valence-corrected chi connectivity index (χ2v) is 5.57. The average molecular weight is 303 g/mol. The van der Waals surface area contributed by atoms with Gasteiger partial charge in [-0.2, -0.15) is 0 Å². The van der Waals surface area contributed by atoms with Crippen LogP contribution in [0.5, 0.6) is 5.75 Å². The Bertz CT molecular complexity index is 722. The Labute approximate surface area is 113 Å². The van der Waals surface area contributed by atoms with Crippen LogP contribution in [0.2, 0.25) is 5.15 Å². The minimum absolute atomic E-state index is 0.0322. The van der Waals surface area contributed by atoms with Gasteiger partial charge in [-0.15, -0.1) is 0 Å². The van der Waals surface area contributed by atoms with Gasteiger partial charge in [-0.05, 0) is 24.3 Å². The first-order valence-electron chi connectivity index (χ1n) is 5.02. The molecule has 0 aliphatic rings. The number of nitrogens with one attached hydrogen (secondary N) is 1. The summed E-state index contributed by atoms with van der Waals surface area (Å²) in [5.41, 5.74) is -0.0322. The quantitative estimate of drug-likeness (QED) is 0.674. The number of hydrogen-bond donors (Lipinski definition) is 2. The van der Waals surface area contributed by atoms with Gasteiger partial charge in [0.2, 0.25) is 0 Å². The molecule has 0 fully saturated rings. The van der Waals surface area contributed by atoms with Gasteiger partial charge < -0.3 is 5.11 Å². The van der Waals surface area contributed by atoms with Gasteiger partial charge >= 0.3 is 0 Å². The Kier molecular flexibility index (Phi) is 3.59. The van der Waals surface area contributed by atoms with Crippen molar-refractivity contribution in [2.24, 2.45) is 0 Å². The highest BCUT2D eigenvalue weighted by molar-refractivity contribution is 7.92. The molecule has 0 aliphatic carbocycles. The van der Waals surface area contributed by atoms with Crippen LogP contribution in [0.4, 0.5) is 10.1 Å². The van der Waals surface area contributed by atoms with Crippen LogP contribution in [0, 0.1) is 5.82 Å². The molecule has 2 aromatic rings. The van der Waals surface area contributed by atoms with Gasteiger partial charge in [0.25, 0.3) is 10.0 Å². The molecule has 0 atom stereocenters. The monoisotopic (exact) mass is 302 g/mol. The third-order valence-corrected chi connectivity index (χ3v) is 4.04. The molecule has 8 heteroatoms. The van der Waals surface area contributed by atoms with E-state index in [0.717, 1.165) is 12.1 Å². The lowest BCUT2D eigenvalue weighted by atomic mass is 10.3. The van der Waals surface area contributed by atoms with Crippen LogP contribution in [0.3, 0.4) is 0 Å². The lowest BCUT2D eigenvalue weighted by molar-refractivity contribution is 0.432. The minimum atomic E-state index is -3.97. The van der Waals surface area contributed by atoms with Gasteiger partial charge in [-0.1, -0.05) is 11.6 Å². The summed E-state index contributed by atoms with van der Waals surface area (Å²) >= 11 is 5.69. The Morgan fingerprint density at radius 2 is 2.05 bits per heavy atom. The smallest absolute Gasteiger partial charge is 0.264 e. The summed E-state index contributed by atoms with van der Waals surface area (Å²) < 4.78 is 39.2. The highest BCUT2D eigenvalue weighted by Crippen LogP contribution is 2.24. The number of nitrogens with zero attached hydrogens (tertiary/aromatic N) is 1. The number of anilines is 1. The van der Waals surface area contributed by atoms with Crippen molar-refractivity contribution in [1.82, 2.24) is 4.98 Å². The van der Waals surface area contributed by atoms with Gasteiger partial charge in [0.15, 0.2) is 11.6 Å². The van der Waals surface area contributed by atoms with E-state index in [1.54, 1.807) is 0 Å². The number of halogens is 2. The van der Waals surface area contributed by atoms with E-state index in [4.69, 9.17) is 16.7 Å². The second-order valence-electron chi connectivity index (χ2n) is 3.56. The first-order valence-corrected chi connectivity index (χ1v) is 6.88. The number of pyridine rings is 1. The Morgan fingerprint density at radius 1 is 1.32 bits per heavy atom. The predicted molar refractivity (Wildman–Crippen MR) is 68.1 cm³/mol. The molecule has 100 valence electrons. The second kappa shape index (κ2) is 5.02. The summed E-state index contributed by atoms with van der Waals surface area (Å²) in [6, 6.07) is 5.81. The van der Waals surface area contributed by atoms with Crippen LogP contribution in [-0.2, 0) is 10.0 Å². The number of hydrogen-bond acceptors (Lipinski definition) is 4. The number of benzene rings is 1. The molecule has 1 heterocycles. The number of sulfonamides is 1. The molecule has 1 aromatic heterocycles. The lowest BCUT2D eigenvalue weighted by Crippen LogP contribution is -2.13. The van der Waals surface area contributed by atoms with Crippen molar-refractivity contribution in [2.45, 2.75) is 4.90 Å². The van der Waals surface area contributed by atoms with Gasteiger partial charge in [0.1, 0.15) is 10.0 Å². The van der Waals surface area contributed by atoms with Crippen LogP contribution in [0.15, 0.2) is 41.4 Å². The molecule has 0 bridgehead atoms. The summed E-state index contributed by atoms with van der Waals surface area (Å²) in [7, 11) is -3.97. The van der Waals surface area contributed by atoms with Crippen molar-refractivity contribution in [3.05, 3.63) is 47.5 Å². The molecule has 19 heavy (non-hydrogen) atoms. The van der Waals surface area contributed by atoms with E-state index in [2.05, 4.69) is 9.71 Å². The first-order chi connectivity index (χ1) is 8.90. The van der Waals surface area contributed by atoms with E-state index in [1.807, 2.05) is 0 Å². The number of aromatic hydroxyl groups is 1. The van der Waals surface area contributed by atoms with Crippen molar-refractivity contribution >= 4 is 27.3 Å². The molecule has 5 nitrogen and oxygen atoms in total. The lowest BCUT2D eigenvalue weighted by Gasteiger charge is -2.09. The summed E-state index contributed by atoms with van der Waals surface area (Å²) in [4.78, 5) is 3.43. The molecule has 0 aliphatic heterocycles. The third kappa shape index (κ3) is 2.94. The predicted octanol–water partition coefficient (Wildman–Crippen LogP) is 2.38. The average Bonchev–Trinajstić information content (AvgIpc) is 2.34. The maximum absolute atomic E-state index is 13.1. The van der Waals surface area contributed by atoms with E-state index in [1.165, 1.54) is 24.4 Å². The van der Waals surface area contributed by atoms with Gasteiger partial charge in [-0.25, -0.2) is 17.8 Å². The Balaban J connectivity index is 2.37. The van der Waals surface area contributed by atoms with Crippen molar-refractivity contribution in [3.63, 3.8) is 0 Å². The number of rotatable bonds is 3. The summed E-state index contributed by atoms with van der Waals surface area (Å²) in [6.07, 6.45) is 1.35. The summed E-state index contributed by atoms with van der Waals surface area (Å²) in [5.74, 6) is -1.50. The Hall–Kier alpha value is -1.86. The molecule has 0 radical (unpaired) electrons. The Morgan fingerprint density at radius 3 is 2.68 bits per heavy atom. The van der Waals surface area contributed by atoms with E-state index in [-0.39, 0.29) is 15.7 Å². The van der Waals surface area contributed by atoms with Crippen LogP contribution >= 0.6 is 11.6 Å². The third-order valence-electron chi connectivity index (χ3n) is 2.21. The van der Waals surface area contributed by atoms with Gasteiger partial charge in [-0.3, -0.25) is 4.72 Å². The van der Waals surface area contributed by atoms with Gasteiger partial charge in [0, 0.05) is 12.3 Å². The fourth-order valence-corrected chi connectivity index (χ4v) is 2.86. The van der Waals surface area contributed by atoms with E-state index in [0.29, 0.717) is 0 Å². The molecule has 0 amide bonds. The highest BCUT2D eigenvalue weighted by atomic mass is 35.5. The van der Waals surface area contributed by atoms with Crippen molar-refractivity contribution in [3.8, 4) is 5.75 Å². The molecule has 0 unspecified atom stereocenters. The van der Waals surface area contributed by atoms with Crippen LogP contribution in [0.25, 0.3) is 0 Å². The maximum atomic E-state index is 13.1. The molecular weight excluding hydrogens is 295 g/mol. The molecule has 0 saturated carbocycles. The zero-order valence-corrected chi connectivity index (χ0v) is 10.9. The van der Waals surface area contributed by atoms with E-state index in [9.17, 15) is 12.8 Å². The molecule has 0 saturated heterocycles. The maximum Gasteiger partial charge on any atom is 0.264 e. The molecule has 1 aromatic carbocycles. The standard InChI is InChI=1S/C11H8ClFN2O3S/c12-11-10(2-1-5-14-11)19(17,18)15-7-3-4-9(16)8(13)6-7/h1-6,15-16H. The van der Waals surface area contributed by atoms with E-state index >= 15 is 0 Å². The summed E-state index contributed by atoms with van der Waals surface area (Å²) in [6.45, 7) is 0. The van der Waals surface area contributed by atoms with Crippen molar-refractivity contribution in [2.75, 3.05) is 4.72 Å². The highest BCUT2D eigenvalue weighted by Gasteiger charge is 2.18. The zero-order valence-electron chi connectivity index (χ0n) is 9.34. The first kappa shape index (κ1) is 13.6. The normalized spacial score (nSPS) is 11.3. The fraction of sp³-hybridized carbons (Fsp3) is 0. The largest absolute Gasteiger partial charge is 0.505 e.